The summed E-state index contributed by atoms with van der Waals surface area (Å²) in [4.78, 5) is 26.3. The van der Waals surface area contributed by atoms with E-state index in [1.165, 1.54) is 0 Å². The standard InChI is InChI=1S/C20H28N2O4S/c1-15(2)19(24)21-17-14-20(17)9-11-22(12-10-20)18(23)8-13-27(25,26)16-6-4-3-5-7-16/h3-7,15,17H,8-14H2,1-2H3,(H,21,24). The van der Waals surface area contributed by atoms with Gasteiger partial charge in [0.1, 0.15) is 0 Å². The summed E-state index contributed by atoms with van der Waals surface area (Å²) in [6.07, 6.45) is 2.73. The molecule has 0 radical (unpaired) electrons. The average molecular weight is 393 g/mol. The summed E-state index contributed by atoms with van der Waals surface area (Å²) in [7, 11) is -3.43. The first kappa shape index (κ1) is 19.9. The van der Waals surface area contributed by atoms with E-state index in [4.69, 9.17) is 0 Å². The van der Waals surface area contributed by atoms with Gasteiger partial charge in [0, 0.05) is 31.5 Å². The Morgan fingerprint density at radius 1 is 1.19 bits per heavy atom. The molecule has 1 N–H and O–H groups in total. The maximum absolute atomic E-state index is 12.4. The molecule has 2 aliphatic rings. The van der Waals surface area contributed by atoms with E-state index in [0.717, 1.165) is 19.3 Å². The second kappa shape index (κ2) is 7.62. The molecule has 27 heavy (non-hydrogen) atoms. The van der Waals surface area contributed by atoms with Crippen LogP contribution >= 0.6 is 0 Å². The van der Waals surface area contributed by atoms with Gasteiger partial charge in [0.2, 0.25) is 11.8 Å². The minimum Gasteiger partial charge on any atom is -0.353 e. The molecule has 3 rings (SSSR count). The topological polar surface area (TPSA) is 83.6 Å². The number of sulfone groups is 1. The summed E-state index contributed by atoms with van der Waals surface area (Å²) in [6, 6.07) is 8.48. The highest BCUT2D eigenvalue weighted by Crippen LogP contribution is 2.54. The van der Waals surface area contributed by atoms with Gasteiger partial charge in [-0.1, -0.05) is 32.0 Å². The smallest absolute Gasteiger partial charge is 0.223 e. The van der Waals surface area contributed by atoms with E-state index in [0.29, 0.717) is 13.1 Å². The zero-order valence-corrected chi connectivity index (χ0v) is 16.8. The van der Waals surface area contributed by atoms with E-state index in [1.54, 1.807) is 35.2 Å². The van der Waals surface area contributed by atoms with Crippen LogP contribution < -0.4 is 5.32 Å². The van der Waals surface area contributed by atoms with E-state index < -0.39 is 9.84 Å². The first-order chi connectivity index (χ1) is 12.7. The molecule has 1 heterocycles. The zero-order chi connectivity index (χ0) is 19.7. The second-order valence-corrected chi connectivity index (χ2v) is 10.2. The summed E-state index contributed by atoms with van der Waals surface area (Å²) in [5.74, 6) is -0.199. The highest BCUT2D eigenvalue weighted by molar-refractivity contribution is 7.91. The van der Waals surface area contributed by atoms with E-state index in [-0.39, 0.29) is 46.3 Å². The molecule has 0 bridgehead atoms. The van der Waals surface area contributed by atoms with Gasteiger partial charge >= 0.3 is 0 Å². The Hall–Kier alpha value is -1.89. The number of benzene rings is 1. The molecule has 1 aliphatic heterocycles. The summed E-state index contributed by atoms with van der Waals surface area (Å²) >= 11 is 0. The minimum atomic E-state index is -3.43. The molecule has 1 saturated heterocycles. The van der Waals surface area contributed by atoms with E-state index in [1.807, 2.05) is 13.8 Å². The van der Waals surface area contributed by atoms with Crippen LogP contribution in [0.3, 0.4) is 0 Å². The number of amides is 2. The van der Waals surface area contributed by atoms with Crippen molar-refractivity contribution in [3.8, 4) is 0 Å². The third-order valence-corrected chi connectivity index (χ3v) is 7.56. The van der Waals surface area contributed by atoms with Gasteiger partial charge in [0.15, 0.2) is 9.84 Å². The molecule has 1 spiro atoms. The molecule has 148 valence electrons. The van der Waals surface area contributed by atoms with Crippen LogP contribution in [0.5, 0.6) is 0 Å². The molecule has 0 aromatic heterocycles. The zero-order valence-electron chi connectivity index (χ0n) is 16.0. The van der Waals surface area contributed by atoms with Gasteiger partial charge in [-0.3, -0.25) is 9.59 Å². The van der Waals surface area contributed by atoms with Crippen LogP contribution in [-0.4, -0.2) is 50.0 Å². The summed E-state index contributed by atoms with van der Waals surface area (Å²) in [6.45, 7) is 5.04. The van der Waals surface area contributed by atoms with Crippen molar-refractivity contribution < 1.29 is 18.0 Å². The lowest BCUT2D eigenvalue weighted by Gasteiger charge is -2.33. The highest BCUT2D eigenvalue weighted by Gasteiger charge is 2.55. The lowest BCUT2D eigenvalue weighted by atomic mass is 9.92. The summed E-state index contributed by atoms with van der Waals surface area (Å²) in [5, 5.41) is 3.10. The van der Waals surface area contributed by atoms with Crippen molar-refractivity contribution in [3.63, 3.8) is 0 Å². The lowest BCUT2D eigenvalue weighted by molar-refractivity contribution is -0.132. The highest BCUT2D eigenvalue weighted by atomic mass is 32.2. The Labute approximate surface area is 161 Å². The van der Waals surface area contributed by atoms with E-state index in [9.17, 15) is 18.0 Å². The Morgan fingerprint density at radius 3 is 2.41 bits per heavy atom. The van der Waals surface area contributed by atoms with Crippen LogP contribution in [-0.2, 0) is 19.4 Å². The van der Waals surface area contributed by atoms with E-state index >= 15 is 0 Å². The minimum absolute atomic E-state index is 0.0116. The monoisotopic (exact) mass is 392 g/mol. The van der Waals surface area contributed by atoms with Crippen molar-refractivity contribution in [1.82, 2.24) is 10.2 Å². The number of carbonyl (C=O) groups is 2. The number of hydrogen-bond donors (Lipinski definition) is 1. The molecule has 1 aromatic carbocycles. The Bertz CT molecular complexity index is 797. The predicted molar refractivity (Wildman–Crippen MR) is 103 cm³/mol. The van der Waals surface area contributed by atoms with Crippen molar-refractivity contribution in [2.75, 3.05) is 18.8 Å². The summed E-state index contributed by atoms with van der Waals surface area (Å²) < 4.78 is 24.6. The number of piperidine rings is 1. The fourth-order valence-electron chi connectivity index (χ4n) is 3.77. The molecule has 2 amide bonds. The van der Waals surface area contributed by atoms with E-state index in [2.05, 4.69) is 5.32 Å². The number of carbonyl (C=O) groups excluding carboxylic acids is 2. The molecule has 1 saturated carbocycles. The number of nitrogens with one attached hydrogen (secondary N) is 1. The van der Waals surface area contributed by atoms with Gasteiger partial charge in [0.05, 0.1) is 10.6 Å². The van der Waals surface area contributed by atoms with Gasteiger partial charge in [-0.05, 0) is 36.8 Å². The number of hydrogen-bond acceptors (Lipinski definition) is 4. The van der Waals surface area contributed by atoms with Crippen LogP contribution in [0.15, 0.2) is 35.2 Å². The first-order valence-corrected chi connectivity index (χ1v) is 11.2. The third kappa shape index (κ3) is 4.51. The largest absolute Gasteiger partial charge is 0.353 e. The molecular formula is C20H28N2O4S. The normalized spacial score (nSPS) is 21.3. The van der Waals surface area contributed by atoms with Gasteiger partial charge in [-0.15, -0.1) is 0 Å². The van der Waals surface area contributed by atoms with Crippen molar-refractivity contribution in [2.45, 2.75) is 50.5 Å². The molecule has 1 unspecified atom stereocenters. The Kier molecular flexibility index (Phi) is 5.60. The Balaban J connectivity index is 1.46. The number of likely N-dealkylation sites (tertiary alicyclic amines) is 1. The van der Waals surface area contributed by atoms with Gasteiger partial charge in [0.25, 0.3) is 0 Å². The van der Waals surface area contributed by atoms with Gasteiger partial charge in [-0.25, -0.2) is 8.42 Å². The molecule has 1 atom stereocenters. The second-order valence-electron chi connectivity index (χ2n) is 8.05. The average Bonchev–Trinajstić information content (AvgIpc) is 3.32. The van der Waals surface area contributed by atoms with Crippen molar-refractivity contribution in [2.24, 2.45) is 11.3 Å². The third-order valence-electron chi connectivity index (χ3n) is 5.83. The van der Waals surface area contributed by atoms with Gasteiger partial charge in [-0.2, -0.15) is 0 Å². The van der Waals surface area contributed by atoms with Crippen LogP contribution in [0.2, 0.25) is 0 Å². The maximum atomic E-state index is 12.4. The quantitative estimate of drug-likeness (QED) is 0.803. The van der Waals surface area contributed by atoms with Crippen molar-refractivity contribution in [3.05, 3.63) is 30.3 Å². The molecule has 1 aromatic rings. The fraction of sp³-hybridized carbons (Fsp3) is 0.600. The predicted octanol–water partition coefficient (Wildman–Crippen LogP) is 2.00. The van der Waals surface area contributed by atoms with Crippen LogP contribution in [0.4, 0.5) is 0 Å². The fourth-order valence-corrected chi connectivity index (χ4v) is 5.02. The molecule has 2 fully saturated rings. The maximum Gasteiger partial charge on any atom is 0.223 e. The molecule has 7 heteroatoms. The van der Waals surface area contributed by atoms with Crippen LogP contribution in [0, 0.1) is 11.3 Å². The van der Waals surface area contributed by atoms with Crippen molar-refractivity contribution >= 4 is 21.7 Å². The SMILES string of the molecule is CC(C)C(=O)NC1CC12CCN(C(=O)CCS(=O)(=O)c1ccccc1)CC2. The Morgan fingerprint density at radius 2 is 1.81 bits per heavy atom. The van der Waals surface area contributed by atoms with Gasteiger partial charge < -0.3 is 10.2 Å². The van der Waals surface area contributed by atoms with Crippen LogP contribution in [0.25, 0.3) is 0 Å². The summed E-state index contributed by atoms with van der Waals surface area (Å²) in [5.41, 5.74) is 0.136. The molecule has 1 aliphatic carbocycles. The first-order valence-electron chi connectivity index (χ1n) is 9.59. The molecular weight excluding hydrogens is 364 g/mol. The number of nitrogens with zero attached hydrogens (tertiary/aromatic N) is 1. The molecule has 6 nitrogen and oxygen atoms in total. The van der Waals surface area contributed by atoms with Crippen LogP contribution in [0.1, 0.15) is 39.5 Å². The lowest BCUT2D eigenvalue weighted by Crippen LogP contribution is -2.42. The van der Waals surface area contributed by atoms with Crippen molar-refractivity contribution in [1.29, 1.82) is 0 Å². The number of rotatable bonds is 6.